The van der Waals surface area contributed by atoms with Gasteiger partial charge in [-0.1, -0.05) is 29.8 Å². The molecule has 0 aromatic heterocycles. The van der Waals surface area contributed by atoms with Gasteiger partial charge in [-0.05, 0) is 67.9 Å². The van der Waals surface area contributed by atoms with Crippen molar-refractivity contribution in [2.75, 3.05) is 19.8 Å². The number of benzene rings is 2. The van der Waals surface area contributed by atoms with Crippen molar-refractivity contribution in [1.82, 2.24) is 4.90 Å². The SMILES string of the molecule is CCOc1ccc(Cl)cc1/C=C1\SC(=Nc2ccccc2)N(C[C@@H]2CCCO2)C1=O. The van der Waals surface area contributed by atoms with Crippen LogP contribution in [-0.4, -0.2) is 41.8 Å². The highest BCUT2D eigenvalue weighted by Gasteiger charge is 2.36. The van der Waals surface area contributed by atoms with Crippen molar-refractivity contribution in [2.24, 2.45) is 4.99 Å². The average Bonchev–Trinajstić information content (AvgIpc) is 3.35. The molecular weight excluding hydrogens is 420 g/mol. The maximum Gasteiger partial charge on any atom is 0.266 e. The number of para-hydroxylation sites is 1. The number of hydrogen-bond acceptors (Lipinski definition) is 5. The molecule has 2 aromatic carbocycles. The van der Waals surface area contributed by atoms with Gasteiger partial charge in [-0.3, -0.25) is 9.69 Å². The lowest BCUT2D eigenvalue weighted by Crippen LogP contribution is -2.36. The van der Waals surface area contributed by atoms with Gasteiger partial charge in [0.15, 0.2) is 5.17 Å². The summed E-state index contributed by atoms with van der Waals surface area (Å²) in [6.45, 7) is 3.70. The fourth-order valence-corrected chi connectivity index (χ4v) is 4.60. The molecule has 1 amide bonds. The van der Waals surface area contributed by atoms with Crippen LogP contribution in [0.1, 0.15) is 25.3 Å². The zero-order chi connectivity index (χ0) is 20.9. The summed E-state index contributed by atoms with van der Waals surface area (Å²) in [5.41, 5.74) is 1.59. The molecule has 2 fully saturated rings. The van der Waals surface area contributed by atoms with Gasteiger partial charge in [-0.15, -0.1) is 0 Å². The number of thioether (sulfide) groups is 1. The van der Waals surface area contributed by atoms with Crippen LogP contribution in [0.3, 0.4) is 0 Å². The van der Waals surface area contributed by atoms with Crippen molar-refractivity contribution in [1.29, 1.82) is 0 Å². The standard InChI is InChI=1S/C23H23ClN2O3S/c1-2-28-20-11-10-17(24)13-16(20)14-21-22(27)26(15-19-9-6-12-29-19)23(30-21)25-18-7-4-3-5-8-18/h3-5,7-8,10-11,13-14,19H,2,6,9,12,15H2,1H3/b21-14-,25-23?/t19-/m0/s1. The number of ether oxygens (including phenoxy) is 2. The lowest BCUT2D eigenvalue weighted by molar-refractivity contribution is -0.123. The van der Waals surface area contributed by atoms with E-state index in [2.05, 4.69) is 0 Å². The summed E-state index contributed by atoms with van der Waals surface area (Å²) >= 11 is 7.56. The van der Waals surface area contributed by atoms with Gasteiger partial charge in [0.2, 0.25) is 0 Å². The summed E-state index contributed by atoms with van der Waals surface area (Å²) in [6, 6.07) is 15.1. The Labute approximate surface area is 185 Å². The minimum atomic E-state index is -0.0763. The third-order valence-electron chi connectivity index (χ3n) is 4.84. The first-order chi connectivity index (χ1) is 14.6. The molecule has 0 bridgehead atoms. The summed E-state index contributed by atoms with van der Waals surface area (Å²) in [6.07, 6.45) is 3.85. The number of hydrogen-bond donors (Lipinski definition) is 0. The van der Waals surface area contributed by atoms with Gasteiger partial charge in [-0.2, -0.15) is 0 Å². The molecule has 5 nitrogen and oxygen atoms in total. The molecule has 2 aromatic rings. The minimum Gasteiger partial charge on any atom is -0.493 e. The third kappa shape index (κ3) is 4.89. The normalized spacial score (nSPS) is 21.7. The molecule has 0 spiro atoms. The molecule has 0 aliphatic carbocycles. The van der Waals surface area contributed by atoms with Crippen molar-refractivity contribution in [3.05, 3.63) is 64.0 Å². The van der Waals surface area contributed by atoms with E-state index in [4.69, 9.17) is 26.1 Å². The molecule has 156 valence electrons. The molecule has 0 saturated carbocycles. The van der Waals surface area contributed by atoms with Crippen molar-refractivity contribution in [2.45, 2.75) is 25.9 Å². The minimum absolute atomic E-state index is 0.0417. The first kappa shape index (κ1) is 21.0. The van der Waals surface area contributed by atoms with Crippen LogP contribution >= 0.6 is 23.4 Å². The first-order valence-corrected chi connectivity index (χ1v) is 11.2. The summed E-state index contributed by atoms with van der Waals surface area (Å²) in [5, 5.41) is 1.25. The zero-order valence-electron chi connectivity index (χ0n) is 16.7. The van der Waals surface area contributed by atoms with E-state index in [0.717, 1.165) is 30.7 Å². The molecule has 0 unspecified atom stereocenters. The molecule has 4 rings (SSSR count). The number of nitrogens with zero attached hydrogens (tertiary/aromatic N) is 2. The first-order valence-electron chi connectivity index (χ1n) is 10.0. The van der Waals surface area contributed by atoms with E-state index in [1.165, 1.54) is 11.8 Å². The Bertz CT molecular complexity index is 972. The summed E-state index contributed by atoms with van der Waals surface area (Å²) in [7, 11) is 0. The van der Waals surface area contributed by atoms with E-state index in [-0.39, 0.29) is 12.0 Å². The number of amides is 1. The van der Waals surface area contributed by atoms with Gasteiger partial charge >= 0.3 is 0 Å². The van der Waals surface area contributed by atoms with Gasteiger partial charge in [0.25, 0.3) is 5.91 Å². The molecule has 2 heterocycles. The van der Waals surface area contributed by atoms with Crippen LogP contribution in [0.25, 0.3) is 6.08 Å². The summed E-state index contributed by atoms with van der Waals surface area (Å²) in [5.74, 6) is 0.620. The van der Waals surface area contributed by atoms with Crippen LogP contribution in [0.4, 0.5) is 5.69 Å². The molecule has 2 aliphatic rings. The largest absolute Gasteiger partial charge is 0.493 e. The topological polar surface area (TPSA) is 51.1 Å². The van der Waals surface area contributed by atoms with Crippen LogP contribution in [0, 0.1) is 0 Å². The van der Waals surface area contributed by atoms with E-state index < -0.39 is 0 Å². The predicted molar refractivity (Wildman–Crippen MR) is 122 cm³/mol. The van der Waals surface area contributed by atoms with Crippen molar-refractivity contribution >= 4 is 46.2 Å². The average molecular weight is 443 g/mol. The van der Waals surface area contributed by atoms with Gasteiger partial charge < -0.3 is 9.47 Å². The fraction of sp³-hybridized carbons (Fsp3) is 0.304. The van der Waals surface area contributed by atoms with Gasteiger partial charge in [0.1, 0.15) is 5.75 Å². The van der Waals surface area contributed by atoms with Crippen molar-refractivity contribution in [3.8, 4) is 5.75 Å². The van der Waals surface area contributed by atoms with Crippen LogP contribution in [0.15, 0.2) is 58.4 Å². The molecule has 1 atom stereocenters. The number of halogens is 1. The Morgan fingerprint density at radius 2 is 2.13 bits per heavy atom. The van der Waals surface area contributed by atoms with Gasteiger partial charge in [0, 0.05) is 17.2 Å². The highest BCUT2D eigenvalue weighted by atomic mass is 35.5. The molecule has 0 radical (unpaired) electrons. The molecule has 2 saturated heterocycles. The quantitative estimate of drug-likeness (QED) is 0.552. The number of amidine groups is 1. The number of carbonyl (C=O) groups is 1. The van der Waals surface area contributed by atoms with Crippen LogP contribution < -0.4 is 4.74 Å². The third-order valence-corrected chi connectivity index (χ3v) is 6.08. The van der Waals surface area contributed by atoms with Crippen LogP contribution in [-0.2, 0) is 9.53 Å². The maximum absolute atomic E-state index is 13.3. The van der Waals surface area contributed by atoms with E-state index in [1.807, 2.05) is 55.5 Å². The number of aliphatic imine (C=N–C) groups is 1. The van der Waals surface area contributed by atoms with E-state index in [1.54, 1.807) is 11.0 Å². The second-order valence-electron chi connectivity index (χ2n) is 7.01. The highest BCUT2D eigenvalue weighted by Crippen LogP contribution is 2.37. The van der Waals surface area contributed by atoms with E-state index in [9.17, 15) is 4.79 Å². The highest BCUT2D eigenvalue weighted by molar-refractivity contribution is 8.18. The molecule has 2 aliphatic heterocycles. The van der Waals surface area contributed by atoms with Crippen LogP contribution in [0.5, 0.6) is 5.75 Å². The maximum atomic E-state index is 13.3. The predicted octanol–water partition coefficient (Wildman–Crippen LogP) is 5.52. The smallest absolute Gasteiger partial charge is 0.266 e. The van der Waals surface area contributed by atoms with E-state index in [0.29, 0.717) is 34.0 Å². The Kier molecular flexibility index (Phi) is 6.77. The Hall–Kier alpha value is -2.28. The second-order valence-corrected chi connectivity index (χ2v) is 8.45. The zero-order valence-corrected chi connectivity index (χ0v) is 18.3. The van der Waals surface area contributed by atoms with Crippen molar-refractivity contribution < 1.29 is 14.3 Å². The Morgan fingerprint density at radius 3 is 2.87 bits per heavy atom. The molecular formula is C23H23ClN2O3S. The van der Waals surface area contributed by atoms with E-state index >= 15 is 0 Å². The number of carbonyl (C=O) groups excluding carboxylic acids is 1. The Morgan fingerprint density at radius 1 is 1.30 bits per heavy atom. The van der Waals surface area contributed by atoms with Gasteiger partial charge in [0.05, 0.1) is 29.8 Å². The number of rotatable bonds is 6. The fourth-order valence-electron chi connectivity index (χ4n) is 3.42. The van der Waals surface area contributed by atoms with Crippen molar-refractivity contribution in [3.63, 3.8) is 0 Å². The monoisotopic (exact) mass is 442 g/mol. The lowest BCUT2D eigenvalue weighted by Gasteiger charge is -2.19. The second kappa shape index (κ2) is 9.69. The lowest BCUT2D eigenvalue weighted by atomic mass is 10.1. The Balaban J connectivity index is 1.68. The van der Waals surface area contributed by atoms with Gasteiger partial charge in [-0.25, -0.2) is 4.99 Å². The molecule has 30 heavy (non-hydrogen) atoms. The molecule has 0 N–H and O–H groups in total. The van der Waals surface area contributed by atoms with Crippen LogP contribution in [0.2, 0.25) is 5.02 Å². The summed E-state index contributed by atoms with van der Waals surface area (Å²) < 4.78 is 11.5. The molecule has 7 heteroatoms. The summed E-state index contributed by atoms with van der Waals surface area (Å²) in [4.78, 5) is 20.3.